The second kappa shape index (κ2) is 11.7. The number of aromatic hydroxyl groups is 1. The van der Waals surface area contributed by atoms with E-state index in [9.17, 15) is 19.5 Å². The number of aromatic nitrogens is 2. The number of aryl methyl sites for hydroxylation is 2. The van der Waals surface area contributed by atoms with Crippen molar-refractivity contribution in [1.82, 2.24) is 9.78 Å². The van der Waals surface area contributed by atoms with Gasteiger partial charge < -0.3 is 5.11 Å². The Morgan fingerprint density at radius 2 is 1.71 bits per heavy atom. The van der Waals surface area contributed by atoms with E-state index >= 15 is 4.79 Å². The number of phenols is 1. The van der Waals surface area contributed by atoms with Crippen molar-refractivity contribution in [2.45, 2.75) is 32.6 Å². The Morgan fingerprint density at radius 3 is 2.48 bits per heavy atom. The van der Waals surface area contributed by atoms with Crippen molar-refractivity contribution in [3.8, 4) is 16.3 Å². The summed E-state index contributed by atoms with van der Waals surface area (Å²) in [6, 6.07) is 21.5. The molecule has 2 aliphatic heterocycles. The van der Waals surface area contributed by atoms with Gasteiger partial charge in [-0.15, -0.1) is 11.3 Å². The number of rotatable bonds is 4. The van der Waals surface area contributed by atoms with Crippen molar-refractivity contribution in [3.05, 3.63) is 105 Å². The van der Waals surface area contributed by atoms with Gasteiger partial charge in [0, 0.05) is 38.8 Å². The van der Waals surface area contributed by atoms with E-state index in [4.69, 9.17) is 16.7 Å². The lowest BCUT2D eigenvalue weighted by atomic mass is 9.51. The fraction of sp³-hybridized carbons (Fsp3) is 0.275. The summed E-state index contributed by atoms with van der Waals surface area (Å²) in [6.45, 7) is 3.81. The molecule has 52 heavy (non-hydrogen) atoms. The molecule has 4 heterocycles. The summed E-state index contributed by atoms with van der Waals surface area (Å²) in [5.74, 6) is -4.42. The second-order valence-electron chi connectivity index (χ2n) is 14.4. The van der Waals surface area contributed by atoms with E-state index < -0.39 is 40.9 Å². The number of anilines is 2. The fourth-order valence-electron chi connectivity index (χ4n) is 9.38. The molecule has 0 radical (unpaired) electrons. The molecule has 0 spiro atoms. The third kappa shape index (κ3) is 4.55. The highest BCUT2D eigenvalue weighted by molar-refractivity contribution is 9.10. The second-order valence-corrected chi connectivity index (χ2v) is 16.8. The number of amides is 4. The van der Waals surface area contributed by atoms with E-state index in [2.05, 4.69) is 15.9 Å². The predicted molar refractivity (Wildman–Crippen MR) is 203 cm³/mol. The van der Waals surface area contributed by atoms with Crippen molar-refractivity contribution in [1.29, 1.82) is 0 Å². The molecule has 4 aliphatic rings. The molecule has 6 unspecified atom stereocenters. The van der Waals surface area contributed by atoms with Gasteiger partial charge in [0.2, 0.25) is 23.6 Å². The van der Waals surface area contributed by atoms with Crippen molar-refractivity contribution in [2.24, 2.45) is 36.1 Å². The van der Waals surface area contributed by atoms with E-state index in [0.717, 1.165) is 26.1 Å². The van der Waals surface area contributed by atoms with Crippen LogP contribution < -0.4 is 9.80 Å². The maximum atomic E-state index is 15.1. The maximum Gasteiger partial charge on any atom is 0.242 e. The molecule has 2 aromatic heterocycles. The lowest BCUT2D eigenvalue weighted by molar-refractivity contribution is -0.131. The molecule has 0 bridgehead atoms. The zero-order chi connectivity index (χ0) is 36.4. The topological polar surface area (TPSA) is 113 Å². The van der Waals surface area contributed by atoms with Crippen LogP contribution >= 0.6 is 38.9 Å². The molecule has 9 nitrogen and oxygen atoms in total. The number of phenolic OH excluding ortho intramolecular Hbond substituents is 1. The van der Waals surface area contributed by atoms with Gasteiger partial charge in [0.15, 0.2) is 0 Å². The minimum Gasteiger partial charge on any atom is -0.508 e. The number of para-hydroxylation sites is 1. The van der Waals surface area contributed by atoms with Crippen LogP contribution in [0.5, 0.6) is 5.75 Å². The summed E-state index contributed by atoms with van der Waals surface area (Å²) in [5.41, 5.74) is 2.12. The van der Waals surface area contributed by atoms with Crippen LogP contribution in [-0.2, 0) is 26.2 Å². The number of fused-ring (bicyclic) bond motifs is 5. The number of nitrogens with zero attached hydrogens (tertiary/aromatic N) is 4. The lowest BCUT2D eigenvalue weighted by Gasteiger charge is -2.49. The monoisotopic (exact) mass is 794 g/mol. The van der Waals surface area contributed by atoms with E-state index in [-0.39, 0.29) is 29.9 Å². The summed E-state index contributed by atoms with van der Waals surface area (Å²) in [4.78, 5) is 61.5. The van der Waals surface area contributed by atoms with Gasteiger partial charge in [-0.2, -0.15) is 5.10 Å². The molecule has 1 N–H and O–H groups in total. The molecule has 3 aromatic carbocycles. The quantitative estimate of drug-likeness (QED) is 0.145. The highest BCUT2D eigenvalue weighted by atomic mass is 79.9. The number of halogens is 2. The Kier molecular flexibility index (Phi) is 7.49. The van der Waals surface area contributed by atoms with E-state index in [0.29, 0.717) is 38.7 Å². The number of imide groups is 2. The fourth-order valence-corrected chi connectivity index (χ4v) is 11.1. The van der Waals surface area contributed by atoms with Crippen LogP contribution in [0.15, 0.2) is 88.9 Å². The van der Waals surface area contributed by atoms with Crippen LogP contribution in [0.2, 0.25) is 5.02 Å². The Hall–Kier alpha value is -4.58. The summed E-state index contributed by atoms with van der Waals surface area (Å²) in [5, 5.41) is 17.8. The van der Waals surface area contributed by atoms with Gasteiger partial charge in [-0.05, 0) is 92.1 Å². The number of carbonyl (C=O) groups is 4. The Morgan fingerprint density at radius 1 is 0.942 bits per heavy atom. The van der Waals surface area contributed by atoms with Crippen LogP contribution in [0.4, 0.5) is 11.5 Å². The van der Waals surface area contributed by atoms with Gasteiger partial charge in [0.1, 0.15) is 17.3 Å². The number of carbonyl (C=O) groups excluding carboxylic acids is 4. The molecule has 3 fully saturated rings. The molecular weight excluding hydrogens is 764 g/mol. The summed E-state index contributed by atoms with van der Waals surface area (Å²) in [6.07, 6.45) is 2.50. The molecule has 262 valence electrons. The number of allylic oxidation sites excluding steroid dienone is 2. The first-order valence-corrected chi connectivity index (χ1v) is 19.1. The van der Waals surface area contributed by atoms with Crippen LogP contribution in [-0.4, -0.2) is 38.5 Å². The average molecular weight is 796 g/mol. The molecule has 12 heteroatoms. The third-order valence-electron chi connectivity index (χ3n) is 11.8. The summed E-state index contributed by atoms with van der Waals surface area (Å²) >= 11 is 11.4. The molecule has 2 saturated heterocycles. The van der Waals surface area contributed by atoms with Crippen LogP contribution in [0.25, 0.3) is 20.7 Å². The van der Waals surface area contributed by atoms with E-state index in [1.807, 2.05) is 37.3 Å². The predicted octanol–water partition coefficient (Wildman–Crippen LogP) is 8.17. The molecular formula is C40H32BrClN4O5S. The Bertz CT molecular complexity index is 2440. The highest BCUT2D eigenvalue weighted by Crippen LogP contribution is 2.64. The van der Waals surface area contributed by atoms with Gasteiger partial charge in [-0.3, -0.25) is 28.8 Å². The number of hydrogen-bond donors (Lipinski definition) is 1. The Labute approximate surface area is 316 Å². The molecule has 2 aliphatic carbocycles. The van der Waals surface area contributed by atoms with Crippen LogP contribution in [0, 0.1) is 36.0 Å². The van der Waals surface area contributed by atoms with Gasteiger partial charge in [0.25, 0.3) is 0 Å². The summed E-state index contributed by atoms with van der Waals surface area (Å²) < 4.78 is 3.31. The zero-order valence-corrected chi connectivity index (χ0v) is 31.5. The molecule has 9 rings (SSSR count). The molecule has 5 aromatic rings. The number of benzene rings is 3. The van der Waals surface area contributed by atoms with Gasteiger partial charge >= 0.3 is 0 Å². The van der Waals surface area contributed by atoms with Gasteiger partial charge in [0.05, 0.1) is 33.7 Å². The van der Waals surface area contributed by atoms with E-state index in [1.54, 1.807) is 78.5 Å². The normalized spacial score (nSPS) is 26.9. The SMILES string of the molecule is Cc1c(-c2cc(N3C(=O)C4CC5C(=CCC6C(=O)N(c7ccccc7)C(=O)C65)C(c5cc(Br)ccc5O)C4(C)C3=O)n(C)n2)sc2ccc(Cl)cc12. The van der Waals surface area contributed by atoms with Gasteiger partial charge in [-0.25, -0.2) is 4.90 Å². The first-order chi connectivity index (χ1) is 24.9. The molecule has 6 atom stereocenters. The van der Waals surface area contributed by atoms with Crippen molar-refractivity contribution < 1.29 is 24.3 Å². The zero-order valence-electron chi connectivity index (χ0n) is 28.3. The van der Waals surface area contributed by atoms with Crippen molar-refractivity contribution in [2.75, 3.05) is 9.80 Å². The smallest absolute Gasteiger partial charge is 0.242 e. The maximum absolute atomic E-state index is 15.1. The number of hydrogen-bond acceptors (Lipinski definition) is 7. The highest BCUT2D eigenvalue weighted by Gasteiger charge is 2.68. The largest absolute Gasteiger partial charge is 0.508 e. The number of thiophene rings is 1. The van der Waals surface area contributed by atoms with Gasteiger partial charge in [-0.1, -0.05) is 57.4 Å². The first kappa shape index (κ1) is 33.3. The minimum absolute atomic E-state index is 0.0153. The average Bonchev–Trinajstić information content (AvgIpc) is 3.80. The Balaban J connectivity index is 1.17. The molecule has 4 amide bonds. The minimum atomic E-state index is -1.32. The van der Waals surface area contributed by atoms with Crippen molar-refractivity contribution in [3.63, 3.8) is 0 Å². The summed E-state index contributed by atoms with van der Waals surface area (Å²) in [7, 11) is 1.72. The van der Waals surface area contributed by atoms with Crippen molar-refractivity contribution >= 4 is 84.1 Å². The third-order valence-corrected chi connectivity index (χ3v) is 13.8. The lowest BCUT2D eigenvalue weighted by Crippen LogP contribution is -2.49. The van der Waals surface area contributed by atoms with Crippen LogP contribution in [0.3, 0.4) is 0 Å². The van der Waals surface area contributed by atoms with E-state index in [1.165, 1.54) is 9.80 Å². The molecule has 1 saturated carbocycles. The first-order valence-electron chi connectivity index (χ1n) is 17.1. The van der Waals surface area contributed by atoms with Crippen LogP contribution in [0.1, 0.15) is 36.8 Å². The standard InChI is InChI=1S/C40H32BrClN4O5S/c1-19-25-16-21(42)10-14-31(25)52-35(19)29-18-32(44(3)43-29)46-37(49)28-17-26-23(34(40(28,2)39(46)51)27-15-20(41)9-13-30(27)47)11-12-24-33(26)38(50)45(36(24)48)22-7-5-4-6-8-22/h4-11,13-16,18,24,26,28,33-34,47H,12,17H2,1-3H3.